The summed E-state index contributed by atoms with van der Waals surface area (Å²) in [6.07, 6.45) is 2.66. The molecule has 1 fully saturated rings. The van der Waals surface area contributed by atoms with Gasteiger partial charge in [-0.2, -0.15) is 0 Å². The fourth-order valence-corrected chi connectivity index (χ4v) is 2.53. The third-order valence-electron chi connectivity index (χ3n) is 3.90. The number of nitrogens with zero attached hydrogens (tertiary/aromatic N) is 2. The van der Waals surface area contributed by atoms with Gasteiger partial charge >= 0.3 is 0 Å². The summed E-state index contributed by atoms with van der Waals surface area (Å²) >= 11 is 0. The van der Waals surface area contributed by atoms with Crippen molar-refractivity contribution in [1.29, 1.82) is 0 Å². The molecule has 2 amide bonds. The summed E-state index contributed by atoms with van der Waals surface area (Å²) in [5.74, 6) is -0.217. The average Bonchev–Trinajstić information content (AvgIpc) is 2.38. The molecule has 0 radical (unpaired) electrons. The van der Waals surface area contributed by atoms with E-state index in [1.54, 1.807) is 0 Å². The van der Waals surface area contributed by atoms with Crippen LogP contribution in [0.25, 0.3) is 0 Å². The Bertz CT molecular complexity index is 326. The van der Waals surface area contributed by atoms with Gasteiger partial charge in [-0.3, -0.25) is 9.59 Å². The zero-order valence-electron chi connectivity index (χ0n) is 11.6. The monoisotopic (exact) mass is 289 g/mol. The van der Waals surface area contributed by atoms with Gasteiger partial charge < -0.3 is 27.5 Å². The maximum atomic E-state index is 11.5. The van der Waals surface area contributed by atoms with Gasteiger partial charge in [0.05, 0.1) is 39.3 Å². The lowest BCUT2D eigenvalue weighted by atomic mass is 10.2. The third-order valence-corrected chi connectivity index (χ3v) is 3.90. The van der Waals surface area contributed by atoms with Crippen LogP contribution in [0.1, 0.15) is 19.8 Å². The smallest absolute Gasteiger partial charge is 0.246 e. The molecule has 110 valence electrons. The Hall–Kier alpha value is -1.07. The molecule has 0 aromatic rings. The highest BCUT2D eigenvalue weighted by atomic mass is 35.5. The maximum Gasteiger partial charge on any atom is 0.246 e. The van der Waals surface area contributed by atoms with E-state index in [0.29, 0.717) is 6.42 Å². The summed E-state index contributed by atoms with van der Waals surface area (Å²) in [5.41, 5.74) is 5.16. The molecule has 19 heavy (non-hydrogen) atoms. The average molecular weight is 290 g/mol. The molecule has 0 spiro atoms. The van der Waals surface area contributed by atoms with Crippen molar-refractivity contribution in [2.24, 2.45) is 5.73 Å². The fourth-order valence-electron chi connectivity index (χ4n) is 2.53. The van der Waals surface area contributed by atoms with Gasteiger partial charge in [0.2, 0.25) is 11.8 Å². The SMILES string of the molecule is C=CC(=O)N1CC[N+](CC)(CCCC(N)=O)CC1.[Cl-]. The number of likely N-dealkylation sites (N-methyl/N-ethyl adjacent to an activating group) is 1. The molecule has 1 saturated heterocycles. The minimum Gasteiger partial charge on any atom is -1.00 e. The van der Waals surface area contributed by atoms with E-state index < -0.39 is 0 Å². The number of primary amides is 1. The second-order valence-electron chi connectivity index (χ2n) is 4.93. The number of piperazine rings is 1. The first-order valence-electron chi connectivity index (χ1n) is 6.58. The van der Waals surface area contributed by atoms with Gasteiger partial charge in [0.1, 0.15) is 0 Å². The van der Waals surface area contributed by atoms with Crippen molar-refractivity contribution in [3.05, 3.63) is 12.7 Å². The van der Waals surface area contributed by atoms with E-state index in [4.69, 9.17) is 5.73 Å². The predicted molar refractivity (Wildman–Crippen MR) is 70.6 cm³/mol. The second kappa shape index (κ2) is 8.17. The summed E-state index contributed by atoms with van der Waals surface area (Å²) in [6, 6.07) is 0. The lowest BCUT2D eigenvalue weighted by Gasteiger charge is -2.44. The van der Waals surface area contributed by atoms with Gasteiger partial charge in [-0.1, -0.05) is 6.58 Å². The van der Waals surface area contributed by atoms with E-state index in [1.165, 1.54) is 6.08 Å². The number of amides is 2. The largest absolute Gasteiger partial charge is 1.00 e. The molecule has 6 heteroatoms. The molecule has 0 aromatic carbocycles. The van der Waals surface area contributed by atoms with Crippen LogP contribution in [0.3, 0.4) is 0 Å². The van der Waals surface area contributed by atoms with Crippen LogP contribution in [-0.4, -0.2) is 60.5 Å². The van der Waals surface area contributed by atoms with Gasteiger partial charge in [-0.25, -0.2) is 0 Å². The number of quaternary nitrogens is 1. The molecule has 0 bridgehead atoms. The Morgan fingerprint density at radius 1 is 1.37 bits per heavy atom. The minimum absolute atomic E-state index is 0. The van der Waals surface area contributed by atoms with E-state index in [0.717, 1.165) is 50.2 Å². The first-order chi connectivity index (χ1) is 8.53. The third kappa shape index (κ3) is 5.20. The van der Waals surface area contributed by atoms with Gasteiger partial charge in [0.25, 0.3) is 0 Å². The van der Waals surface area contributed by atoms with Crippen LogP contribution >= 0.6 is 0 Å². The van der Waals surface area contributed by atoms with Gasteiger partial charge in [0.15, 0.2) is 0 Å². The lowest BCUT2D eigenvalue weighted by molar-refractivity contribution is -0.930. The maximum absolute atomic E-state index is 11.5. The standard InChI is InChI=1S/C13H23N3O2.ClH/c1-3-13(18)15-7-10-16(4-2,11-8-15)9-5-6-12(14)17;/h3H,1,4-11H2,2H3,(H-,14,17);1H. The zero-order chi connectivity index (χ0) is 13.6. The topological polar surface area (TPSA) is 63.4 Å². The molecule has 5 nitrogen and oxygen atoms in total. The number of carbonyl (C=O) groups is 2. The number of halogens is 1. The number of carbonyl (C=O) groups excluding carboxylic acids is 2. The molecule has 2 N–H and O–H groups in total. The lowest BCUT2D eigenvalue weighted by Crippen LogP contribution is -3.00. The van der Waals surface area contributed by atoms with Gasteiger partial charge in [-0.05, 0) is 13.0 Å². The van der Waals surface area contributed by atoms with Crippen molar-refractivity contribution in [1.82, 2.24) is 4.90 Å². The summed E-state index contributed by atoms with van der Waals surface area (Å²) in [6.45, 7) is 11.1. The van der Waals surface area contributed by atoms with Crippen LogP contribution < -0.4 is 18.1 Å². The molecule has 0 unspecified atom stereocenters. The van der Waals surface area contributed by atoms with E-state index >= 15 is 0 Å². The summed E-state index contributed by atoms with van der Waals surface area (Å²) in [7, 11) is 0. The summed E-state index contributed by atoms with van der Waals surface area (Å²) in [5, 5.41) is 0. The highest BCUT2D eigenvalue weighted by molar-refractivity contribution is 5.87. The van der Waals surface area contributed by atoms with Crippen molar-refractivity contribution in [2.75, 3.05) is 39.3 Å². The molecule has 0 saturated carbocycles. The Morgan fingerprint density at radius 3 is 2.37 bits per heavy atom. The number of nitrogens with two attached hydrogens (primary N) is 1. The Labute approximate surface area is 121 Å². The quantitative estimate of drug-likeness (QED) is 0.422. The van der Waals surface area contributed by atoms with Crippen molar-refractivity contribution in [3.8, 4) is 0 Å². The van der Waals surface area contributed by atoms with E-state index in [-0.39, 0.29) is 24.2 Å². The van der Waals surface area contributed by atoms with Crippen molar-refractivity contribution in [3.63, 3.8) is 0 Å². The highest BCUT2D eigenvalue weighted by Gasteiger charge is 2.32. The first-order valence-corrected chi connectivity index (χ1v) is 6.58. The van der Waals surface area contributed by atoms with E-state index in [2.05, 4.69) is 13.5 Å². The Balaban J connectivity index is 0.00000324. The minimum atomic E-state index is -0.232. The highest BCUT2D eigenvalue weighted by Crippen LogP contribution is 2.15. The second-order valence-corrected chi connectivity index (χ2v) is 4.93. The Kier molecular flexibility index (Phi) is 7.71. The molecule has 1 aliphatic rings. The van der Waals surface area contributed by atoms with Crippen LogP contribution in [0.4, 0.5) is 0 Å². The molecular formula is C13H24ClN3O2. The molecular weight excluding hydrogens is 266 g/mol. The van der Waals surface area contributed by atoms with Crippen LogP contribution in [0.5, 0.6) is 0 Å². The van der Waals surface area contributed by atoms with Crippen LogP contribution in [-0.2, 0) is 9.59 Å². The molecule has 0 atom stereocenters. The fraction of sp³-hybridized carbons (Fsp3) is 0.692. The van der Waals surface area contributed by atoms with Crippen molar-refractivity contribution >= 4 is 11.8 Å². The number of hydrogen-bond donors (Lipinski definition) is 1. The van der Waals surface area contributed by atoms with Crippen LogP contribution in [0.2, 0.25) is 0 Å². The van der Waals surface area contributed by atoms with E-state index in [9.17, 15) is 9.59 Å². The zero-order valence-corrected chi connectivity index (χ0v) is 12.4. The molecule has 1 rings (SSSR count). The van der Waals surface area contributed by atoms with Crippen molar-refractivity contribution < 1.29 is 26.5 Å². The van der Waals surface area contributed by atoms with Crippen LogP contribution in [0, 0.1) is 0 Å². The summed E-state index contributed by atoms with van der Waals surface area (Å²) in [4.78, 5) is 24.1. The normalized spacial score (nSPS) is 17.4. The molecule has 0 aliphatic carbocycles. The first kappa shape index (κ1) is 17.9. The van der Waals surface area contributed by atoms with Gasteiger partial charge in [0, 0.05) is 12.8 Å². The van der Waals surface area contributed by atoms with Crippen molar-refractivity contribution in [2.45, 2.75) is 19.8 Å². The number of hydrogen-bond acceptors (Lipinski definition) is 2. The Morgan fingerprint density at radius 2 is 1.95 bits per heavy atom. The van der Waals surface area contributed by atoms with E-state index in [1.807, 2.05) is 4.90 Å². The van der Waals surface area contributed by atoms with Gasteiger partial charge in [-0.15, -0.1) is 0 Å². The predicted octanol–water partition coefficient (Wildman–Crippen LogP) is -2.88. The van der Waals surface area contributed by atoms with Crippen LogP contribution in [0.15, 0.2) is 12.7 Å². The molecule has 1 aliphatic heterocycles. The summed E-state index contributed by atoms with van der Waals surface area (Å²) < 4.78 is 0.980. The number of rotatable bonds is 6. The molecule has 0 aromatic heterocycles. The molecule has 1 heterocycles.